The van der Waals surface area contributed by atoms with Gasteiger partial charge in [0.15, 0.2) is 0 Å². The molecule has 22 heavy (non-hydrogen) atoms. The molecule has 6 nitrogen and oxygen atoms in total. The Labute approximate surface area is 132 Å². The number of anilines is 1. The molecule has 6 heteroatoms. The van der Waals surface area contributed by atoms with Gasteiger partial charge in [-0.15, -0.1) is 0 Å². The van der Waals surface area contributed by atoms with Gasteiger partial charge in [-0.3, -0.25) is 4.79 Å². The summed E-state index contributed by atoms with van der Waals surface area (Å²) in [5.41, 5.74) is 0.584. The Morgan fingerprint density at radius 2 is 2.32 bits per heavy atom. The van der Waals surface area contributed by atoms with Crippen LogP contribution >= 0.6 is 0 Å². The summed E-state index contributed by atoms with van der Waals surface area (Å²) in [5.74, 6) is 0.834. The number of piperidine rings is 1. The van der Waals surface area contributed by atoms with E-state index in [4.69, 9.17) is 4.74 Å². The third kappa shape index (κ3) is 4.42. The van der Waals surface area contributed by atoms with Gasteiger partial charge < -0.3 is 19.9 Å². The van der Waals surface area contributed by atoms with E-state index in [-0.39, 0.29) is 5.91 Å². The minimum absolute atomic E-state index is 0.110. The first-order valence-electron chi connectivity index (χ1n) is 7.76. The van der Waals surface area contributed by atoms with E-state index in [1.807, 2.05) is 12.1 Å². The van der Waals surface area contributed by atoms with Gasteiger partial charge in [0.05, 0.1) is 12.2 Å². The first-order chi connectivity index (χ1) is 10.6. The van der Waals surface area contributed by atoms with Gasteiger partial charge in [0.2, 0.25) is 0 Å². The maximum absolute atomic E-state index is 11.9. The Hall–Kier alpha value is -1.66. The van der Waals surface area contributed by atoms with Crippen LogP contribution in [-0.4, -0.2) is 69.3 Å². The lowest BCUT2D eigenvalue weighted by atomic mass is 10.0. The molecule has 2 rings (SSSR count). The molecule has 0 saturated carbocycles. The largest absolute Gasteiger partial charge is 0.383 e. The molecule has 0 radical (unpaired) electrons. The molecule has 1 N–H and O–H groups in total. The number of aromatic nitrogens is 1. The molecule has 1 saturated heterocycles. The SMILES string of the molecule is COCCNC(=O)c1ccc(N2CCCC(N(C)C)C2)nc1. The summed E-state index contributed by atoms with van der Waals surface area (Å²) in [5, 5.41) is 2.80. The highest BCUT2D eigenvalue weighted by Gasteiger charge is 2.22. The predicted octanol–water partition coefficient (Wildman–Crippen LogP) is 0.988. The number of ether oxygens (including phenoxy) is 1. The Balaban J connectivity index is 1.95. The summed E-state index contributed by atoms with van der Waals surface area (Å²) in [6.07, 6.45) is 4.05. The molecule has 0 spiro atoms. The van der Waals surface area contributed by atoms with Crippen molar-refractivity contribution in [2.45, 2.75) is 18.9 Å². The highest BCUT2D eigenvalue weighted by Crippen LogP contribution is 2.19. The van der Waals surface area contributed by atoms with Crippen LogP contribution in [-0.2, 0) is 4.74 Å². The van der Waals surface area contributed by atoms with E-state index in [1.165, 1.54) is 12.8 Å². The number of carbonyl (C=O) groups is 1. The second kappa shape index (κ2) is 8.10. The average Bonchev–Trinajstić information content (AvgIpc) is 2.55. The molecule has 0 bridgehead atoms. The lowest BCUT2D eigenvalue weighted by molar-refractivity contribution is 0.0937. The number of hydrogen-bond donors (Lipinski definition) is 1. The van der Waals surface area contributed by atoms with E-state index < -0.39 is 0 Å². The first kappa shape index (κ1) is 16.7. The van der Waals surface area contributed by atoms with Gasteiger partial charge in [-0.1, -0.05) is 0 Å². The van der Waals surface area contributed by atoms with Gasteiger partial charge in [0, 0.05) is 39.0 Å². The Morgan fingerprint density at radius 1 is 1.50 bits per heavy atom. The van der Waals surface area contributed by atoms with Crippen LogP contribution in [0.25, 0.3) is 0 Å². The van der Waals surface area contributed by atoms with E-state index in [1.54, 1.807) is 13.3 Å². The fourth-order valence-electron chi connectivity index (χ4n) is 2.66. The van der Waals surface area contributed by atoms with Crippen molar-refractivity contribution in [2.75, 3.05) is 52.3 Å². The van der Waals surface area contributed by atoms with Crippen molar-refractivity contribution in [1.29, 1.82) is 0 Å². The van der Waals surface area contributed by atoms with Crippen molar-refractivity contribution in [3.63, 3.8) is 0 Å². The highest BCUT2D eigenvalue weighted by atomic mass is 16.5. The number of nitrogens with one attached hydrogen (secondary N) is 1. The molecular formula is C16H26N4O2. The predicted molar refractivity (Wildman–Crippen MR) is 87.4 cm³/mol. The molecule has 1 fully saturated rings. The zero-order valence-electron chi connectivity index (χ0n) is 13.7. The van der Waals surface area contributed by atoms with Gasteiger partial charge in [0.25, 0.3) is 5.91 Å². The van der Waals surface area contributed by atoms with Crippen LogP contribution in [0.4, 0.5) is 5.82 Å². The molecular weight excluding hydrogens is 280 g/mol. The highest BCUT2D eigenvalue weighted by molar-refractivity contribution is 5.94. The second-order valence-electron chi connectivity index (χ2n) is 5.86. The molecule has 1 aliphatic rings. The number of hydrogen-bond acceptors (Lipinski definition) is 5. The van der Waals surface area contributed by atoms with Crippen LogP contribution in [0.15, 0.2) is 18.3 Å². The van der Waals surface area contributed by atoms with Crippen LogP contribution in [0.5, 0.6) is 0 Å². The summed E-state index contributed by atoms with van der Waals surface area (Å²) >= 11 is 0. The van der Waals surface area contributed by atoms with E-state index in [0.29, 0.717) is 24.8 Å². The minimum Gasteiger partial charge on any atom is -0.383 e. The summed E-state index contributed by atoms with van der Waals surface area (Å²) in [6, 6.07) is 4.33. The third-order valence-corrected chi connectivity index (χ3v) is 4.05. The molecule has 0 aliphatic carbocycles. The summed E-state index contributed by atoms with van der Waals surface area (Å²) in [7, 11) is 5.85. The van der Waals surface area contributed by atoms with Gasteiger partial charge in [-0.25, -0.2) is 4.98 Å². The molecule has 1 aromatic rings. The van der Waals surface area contributed by atoms with Crippen molar-refractivity contribution < 1.29 is 9.53 Å². The monoisotopic (exact) mass is 306 g/mol. The summed E-state index contributed by atoms with van der Waals surface area (Å²) in [6.45, 7) is 3.03. The Morgan fingerprint density at radius 3 is 2.95 bits per heavy atom. The fraction of sp³-hybridized carbons (Fsp3) is 0.625. The maximum atomic E-state index is 11.9. The number of pyridine rings is 1. The van der Waals surface area contributed by atoms with Crippen molar-refractivity contribution in [2.24, 2.45) is 0 Å². The number of amides is 1. The van der Waals surface area contributed by atoms with Crippen molar-refractivity contribution in [1.82, 2.24) is 15.2 Å². The number of rotatable bonds is 6. The van der Waals surface area contributed by atoms with Crippen LogP contribution in [0, 0.1) is 0 Å². The molecule has 1 aromatic heterocycles. The maximum Gasteiger partial charge on any atom is 0.252 e. The van der Waals surface area contributed by atoms with Gasteiger partial charge >= 0.3 is 0 Å². The van der Waals surface area contributed by atoms with Crippen LogP contribution in [0.2, 0.25) is 0 Å². The molecule has 2 heterocycles. The summed E-state index contributed by atoms with van der Waals surface area (Å²) in [4.78, 5) is 20.9. The number of likely N-dealkylation sites (N-methyl/N-ethyl adjacent to an activating group) is 1. The number of methoxy groups -OCH3 is 1. The van der Waals surface area contributed by atoms with Crippen LogP contribution < -0.4 is 10.2 Å². The van der Waals surface area contributed by atoms with Crippen LogP contribution in [0.3, 0.4) is 0 Å². The molecule has 122 valence electrons. The lowest BCUT2D eigenvalue weighted by Crippen LogP contribution is -2.45. The third-order valence-electron chi connectivity index (χ3n) is 4.05. The molecule has 1 amide bonds. The van der Waals surface area contributed by atoms with E-state index >= 15 is 0 Å². The Kier molecular flexibility index (Phi) is 6.15. The van der Waals surface area contributed by atoms with E-state index in [9.17, 15) is 4.79 Å². The summed E-state index contributed by atoms with van der Waals surface area (Å²) < 4.78 is 4.91. The minimum atomic E-state index is -0.110. The standard InChI is InChI=1S/C16H26N4O2/c1-19(2)14-5-4-9-20(12-14)15-7-6-13(11-18-15)16(21)17-8-10-22-3/h6-7,11,14H,4-5,8-10,12H2,1-3H3,(H,17,21). The topological polar surface area (TPSA) is 57.7 Å². The van der Waals surface area contributed by atoms with E-state index in [0.717, 1.165) is 18.9 Å². The second-order valence-corrected chi connectivity index (χ2v) is 5.86. The van der Waals surface area contributed by atoms with Crippen molar-refractivity contribution in [3.8, 4) is 0 Å². The molecule has 1 aliphatic heterocycles. The first-order valence-corrected chi connectivity index (χ1v) is 7.76. The smallest absolute Gasteiger partial charge is 0.252 e. The van der Waals surface area contributed by atoms with Crippen molar-refractivity contribution in [3.05, 3.63) is 23.9 Å². The van der Waals surface area contributed by atoms with Gasteiger partial charge in [0.1, 0.15) is 5.82 Å². The van der Waals surface area contributed by atoms with Crippen LogP contribution in [0.1, 0.15) is 23.2 Å². The normalized spacial score (nSPS) is 18.5. The average molecular weight is 306 g/mol. The Bertz CT molecular complexity index is 476. The zero-order valence-corrected chi connectivity index (χ0v) is 13.7. The fourth-order valence-corrected chi connectivity index (χ4v) is 2.66. The molecule has 0 aromatic carbocycles. The quantitative estimate of drug-likeness (QED) is 0.794. The number of nitrogens with zero attached hydrogens (tertiary/aromatic N) is 3. The van der Waals surface area contributed by atoms with Gasteiger partial charge in [-0.05, 0) is 39.1 Å². The van der Waals surface area contributed by atoms with Crippen molar-refractivity contribution >= 4 is 11.7 Å². The molecule has 1 atom stereocenters. The van der Waals surface area contributed by atoms with E-state index in [2.05, 4.69) is 34.2 Å². The van der Waals surface area contributed by atoms with Gasteiger partial charge in [-0.2, -0.15) is 0 Å². The zero-order chi connectivity index (χ0) is 15.9. The number of carbonyl (C=O) groups excluding carboxylic acids is 1. The molecule has 1 unspecified atom stereocenters. The lowest BCUT2D eigenvalue weighted by Gasteiger charge is -2.36.